The summed E-state index contributed by atoms with van der Waals surface area (Å²) in [6.45, 7) is 3.32. The van der Waals surface area contributed by atoms with E-state index in [4.69, 9.17) is 15.3 Å². The summed E-state index contributed by atoms with van der Waals surface area (Å²) in [5.41, 5.74) is -1.00. The summed E-state index contributed by atoms with van der Waals surface area (Å²) in [6.07, 6.45) is 0.288. The van der Waals surface area contributed by atoms with Gasteiger partial charge in [0.05, 0.1) is 19.8 Å². The zero-order valence-electron chi connectivity index (χ0n) is 9.81. The number of esters is 2. The average Bonchev–Trinajstić information content (AvgIpc) is 2.30. The quantitative estimate of drug-likeness (QED) is 0.314. The van der Waals surface area contributed by atoms with Crippen molar-refractivity contribution in [3.8, 4) is 0 Å². The zero-order valence-corrected chi connectivity index (χ0v) is 9.81. The van der Waals surface area contributed by atoms with Crippen LogP contribution in [0.5, 0.6) is 0 Å². The van der Waals surface area contributed by atoms with Crippen LogP contribution in [0.2, 0.25) is 0 Å². The second-order valence-corrected chi connectivity index (χ2v) is 3.96. The minimum absolute atomic E-state index is 0.0555. The molecule has 0 aromatic rings. The summed E-state index contributed by atoms with van der Waals surface area (Å²) in [6, 6.07) is 0. The normalized spacial score (nSPS) is 11.1. The lowest BCUT2D eigenvalue weighted by atomic mass is 9.84. The summed E-state index contributed by atoms with van der Waals surface area (Å²) in [4.78, 5) is 21.7. The minimum Gasteiger partial charge on any atom is -0.396 e. The topological polar surface area (TPSA) is 104 Å². The Hall–Kier alpha value is -1.24. The van der Waals surface area contributed by atoms with Gasteiger partial charge in [-0.05, 0) is 12.8 Å². The van der Waals surface area contributed by atoms with Crippen molar-refractivity contribution in [2.24, 2.45) is 5.41 Å². The molecular weight excluding hydrogens is 228 g/mol. The molecule has 0 heterocycles. The Morgan fingerprint density at radius 3 is 2.00 bits per heavy atom. The Kier molecular flexibility index (Phi) is 6.64. The predicted molar refractivity (Wildman–Crippen MR) is 58.8 cm³/mol. The van der Waals surface area contributed by atoms with Crippen LogP contribution in [0, 0.1) is 5.41 Å². The number of carbonyl (C=O) groups is 2. The molecule has 0 radical (unpaired) electrons. The first-order chi connectivity index (χ1) is 7.90. The molecule has 0 saturated heterocycles. The molecule has 6 heteroatoms. The van der Waals surface area contributed by atoms with Gasteiger partial charge in [0.1, 0.15) is 0 Å². The third-order valence-electron chi connectivity index (χ3n) is 2.49. The van der Waals surface area contributed by atoms with Crippen LogP contribution in [-0.2, 0) is 14.3 Å². The van der Waals surface area contributed by atoms with Crippen molar-refractivity contribution >= 4 is 11.9 Å². The second-order valence-electron chi connectivity index (χ2n) is 3.96. The molecule has 98 valence electrons. The number of hydrogen-bond acceptors (Lipinski definition) is 6. The lowest BCUT2D eigenvalue weighted by molar-refractivity contribution is -0.155. The summed E-state index contributed by atoms with van der Waals surface area (Å²) in [5.74, 6) is -1.56. The van der Waals surface area contributed by atoms with Crippen molar-refractivity contribution in [2.45, 2.75) is 19.8 Å². The van der Waals surface area contributed by atoms with E-state index in [1.807, 2.05) is 0 Å². The van der Waals surface area contributed by atoms with Gasteiger partial charge in [-0.1, -0.05) is 6.58 Å². The smallest absolute Gasteiger partial charge is 0.341 e. The molecule has 0 aliphatic heterocycles. The molecule has 0 aromatic heterocycles. The van der Waals surface area contributed by atoms with Crippen LogP contribution in [0.3, 0.4) is 0 Å². The Morgan fingerprint density at radius 2 is 1.65 bits per heavy atom. The van der Waals surface area contributed by atoms with Crippen LogP contribution >= 0.6 is 0 Å². The minimum atomic E-state index is -1.06. The molecule has 0 unspecified atom stereocenters. The highest BCUT2D eigenvalue weighted by atomic mass is 16.6. The number of carbonyl (C=O) groups excluding carboxylic acids is 2. The van der Waals surface area contributed by atoms with Crippen molar-refractivity contribution in [3.05, 3.63) is 12.2 Å². The molecule has 0 aliphatic rings. The van der Waals surface area contributed by atoms with Gasteiger partial charge in [0, 0.05) is 17.9 Å². The third-order valence-corrected chi connectivity index (χ3v) is 2.49. The molecule has 0 fully saturated rings. The van der Waals surface area contributed by atoms with E-state index in [-0.39, 0.29) is 18.4 Å². The molecule has 3 N–H and O–H groups in total. The van der Waals surface area contributed by atoms with Gasteiger partial charge >= 0.3 is 11.9 Å². The van der Waals surface area contributed by atoms with E-state index in [9.17, 15) is 9.59 Å². The first kappa shape index (κ1) is 15.8. The predicted octanol–water partition coefficient (Wildman–Crippen LogP) is -0.624. The van der Waals surface area contributed by atoms with E-state index >= 15 is 0 Å². The van der Waals surface area contributed by atoms with Gasteiger partial charge in [-0.3, -0.25) is 4.79 Å². The highest BCUT2D eigenvalue weighted by molar-refractivity contribution is 5.95. The fourth-order valence-electron chi connectivity index (χ4n) is 1.11. The Balaban J connectivity index is 4.31. The molecule has 0 amide bonds. The largest absolute Gasteiger partial charge is 0.396 e. The van der Waals surface area contributed by atoms with Crippen LogP contribution in [0.25, 0.3) is 0 Å². The van der Waals surface area contributed by atoms with Gasteiger partial charge < -0.3 is 20.1 Å². The van der Waals surface area contributed by atoms with E-state index in [1.165, 1.54) is 0 Å². The number of ether oxygens (including phenoxy) is 1. The Bertz CT molecular complexity index is 284. The third kappa shape index (κ3) is 5.08. The van der Waals surface area contributed by atoms with Gasteiger partial charge in [-0.2, -0.15) is 0 Å². The Labute approximate surface area is 99.5 Å². The summed E-state index contributed by atoms with van der Waals surface area (Å²) in [5, 5.41) is 27.2. The SMILES string of the molecule is C=C(CCC(CO)(CO)CO)C(=O)OC(C)=O. The summed E-state index contributed by atoms with van der Waals surface area (Å²) in [7, 11) is 0. The molecule has 0 spiro atoms. The van der Waals surface area contributed by atoms with E-state index in [1.54, 1.807) is 0 Å². The lowest BCUT2D eigenvalue weighted by Crippen LogP contribution is -2.34. The van der Waals surface area contributed by atoms with Crippen molar-refractivity contribution in [2.75, 3.05) is 19.8 Å². The molecule has 6 nitrogen and oxygen atoms in total. The van der Waals surface area contributed by atoms with E-state index in [0.717, 1.165) is 6.92 Å². The highest BCUT2D eigenvalue weighted by Gasteiger charge is 2.28. The summed E-state index contributed by atoms with van der Waals surface area (Å²) >= 11 is 0. The summed E-state index contributed by atoms with van der Waals surface area (Å²) < 4.78 is 4.31. The lowest BCUT2D eigenvalue weighted by Gasteiger charge is -2.27. The molecular formula is C11H18O6. The van der Waals surface area contributed by atoms with Gasteiger partial charge in [0.25, 0.3) is 0 Å². The molecule has 0 aliphatic carbocycles. The van der Waals surface area contributed by atoms with E-state index < -0.39 is 37.2 Å². The molecule has 0 aromatic carbocycles. The number of aliphatic hydroxyl groups is 3. The molecule has 0 saturated carbocycles. The zero-order chi connectivity index (χ0) is 13.5. The maximum absolute atomic E-state index is 11.2. The first-order valence-electron chi connectivity index (χ1n) is 5.14. The van der Waals surface area contributed by atoms with Crippen molar-refractivity contribution in [1.82, 2.24) is 0 Å². The van der Waals surface area contributed by atoms with Gasteiger partial charge in [0.15, 0.2) is 0 Å². The van der Waals surface area contributed by atoms with E-state index in [0.29, 0.717) is 0 Å². The standard InChI is InChI=1S/C11H18O6/c1-8(10(16)17-9(2)15)3-4-11(5-12,6-13)7-14/h12-14H,1,3-7H2,2H3. The first-order valence-corrected chi connectivity index (χ1v) is 5.14. The van der Waals surface area contributed by atoms with Gasteiger partial charge in [-0.15, -0.1) is 0 Å². The van der Waals surface area contributed by atoms with Gasteiger partial charge in [-0.25, -0.2) is 4.79 Å². The van der Waals surface area contributed by atoms with Crippen LogP contribution in [-0.4, -0.2) is 47.1 Å². The molecule has 0 bridgehead atoms. The highest BCUT2D eigenvalue weighted by Crippen LogP contribution is 2.24. The molecule has 0 rings (SSSR count). The van der Waals surface area contributed by atoms with E-state index in [2.05, 4.69) is 11.3 Å². The Morgan fingerprint density at radius 1 is 1.18 bits per heavy atom. The van der Waals surface area contributed by atoms with Crippen molar-refractivity contribution in [1.29, 1.82) is 0 Å². The van der Waals surface area contributed by atoms with Gasteiger partial charge in [0.2, 0.25) is 0 Å². The fourth-order valence-corrected chi connectivity index (χ4v) is 1.11. The van der Waals surface area contributed by atoms with Crippen LogP contribution in [0.1, 0.15) is 19.8 Å². The fraction of sp³-hybridized carbons (Fsp3) is 0.636. The van der Waals surface area contributed by atoms with Crippen LogP contribution in [0.4, 0.5) is 0 Å². The second kappa shape index (κ2) is 7.16. The maximum atomic E-state index is 11.2. The number of aliphatic hydroxyl groups excluding tert-OH is 3. The number of hydrogen-bond donors (Lipinski definition) is 3. The molecule has 0 atom stereocenters. The maximum Gasteiger partial charge on any atom is 0.341 e. The monoisotopic (exact) mass is 246 g/mol. The average molecular weight is 246 g/mol. The molecule has 17 heavy (non-hydrogen) atoms. The van der Waals surface area contributed by atoms with Crippen molar-refractivity contribution < 1.29 is 29.6 Å². The van der Waals surface area contributed by atoms with Crippen LogP contribution < -0.4 is 0 Å². The van der Waals surface area contributed by atoms with Crippen molar-refractivity contribution in [3.63, 3.8) is 0 Å². The van der Waals surface area contributed by atoms with Crippen LogP contribution in [0.15, 0.2) is 12.2 Å². The number of rotatable bonds is 7.